The minimum atomic E-state index is -1.09. The molecule has 0 aromatic carbocycles. The van der Waals surface area contributed by atoms with Crippen molar-refractivity contribution in [2.75, 3.05) is 17.7 Å². The van der Waals surface area contributed by atoms with Gasteiger partial charge in [0.25, 0.3) is 0 Å². The number of hydrogen-bond donors (Lipinski definition) is 3. The Morgan fingerprint density at radius 3 is 2.90 bits per heavy atom. The lowest BCUT2D eigenvalue weighted by Gasteiger charge is -2.16. The molecule has 0 aliphatic carbocycles. The van der Waals surface area contributed by atoms with Crippen molar-refractivity contribution in [1.29, 1.82) is 0 Å². The van der Waals surface area contributed by atoms with E-state index in [2.05, 4.69) is 15.0 Å². The van der Waals surface area contributed by atoms with E-state index in [0.29, 0.717) is 16.9 Å². The highest BCUT2D eigenvalue weighted by atomic mass is 35.5. The van der Waals surface area contributed by atoms with Crippen LogP contribution in [-0.4, -0.2) is 60.1 Å². The summed E-state index contributed by atoms with van der Waals surface area (Å²) in [5.41, 5.74) is 6.47. The lowest BCUT2D eigenvalue weighted by Crippen LogP contribution is -2.32. The van der Waals surface area contributed by atoms with E-state index in [1.807, 2.05) is 6.26 Å². The quantitative estimate of drug-likeness (QED) is 0.675. The average molecular weight is 332 g/mol. The van der Waals surface area contributed by atoms with Crippen LogP contribution in [0, 0.1) is 0 Å². The predicted molar refractivity (Wildman–Crippen MR) is 79.1 cm³/mol. The summed E-state index contributed by atoms with van der Waals surface area (Å²) < 4.78 is 7.22. The van der Waals surface area contributed by atoms with Gasteiger partial charge in [-0.15, -0.1) is 0 Å². The van der Waals surface area contributed by atoms with E-state index in [-0.39, 0.29) is 11.1 Å². The number of aliphatic hydroxyl groups is 2. The molecule has 8 nitrogen and oxygen atoms in total. The van der Waals surface area contributed by atoms with E-state index >= 15 is 0 Å². The van der Waals surface area contributed by atoms with Crippen molar-refractivity contribution in [1.82, 2.24) is 19.5 Å². The van der Waals surface area contributed by atoms with Gasteiger partial charge in [-0.25, -0.2) is 4.98 Å². The Labute approximate surface area is 129 Å². The molecule has 1 aliphatic rings. The maximum absolute atomic E-state index is 10.2. The number of hydrogen-bond acceptors (Lipinski definition) is 8. The molecule has 4 N–H and O–H groups in total. The second-order valence-electron chi connectivity index (χ2n) is 4.70. The van der Waals surface area contributed by atoms with Crippen molar-refractivity contribution < 1.29 is 14.9 Å². The maximum Gasteiger partial charge on any atom is 0.226 e. The number of nitrogens with zero attached hydrogens (tertiary/aromatic N) is 4. The fourth-order valence-corrected chi connectivity index (χ4v) is 3.13. The number of rotatable bonds is 3. The zero-order valence-corrected chi connectivity index (χ0v) is 12.6. The summed E-state index contributed by atoms with van der Waals surface area (Å²) in [7, 11) is 0. The molecule has 1 saturated heterocycles. The van der Waals surface area contributed by atoms with Gasteiger partial charge in [0.2, 0.25) is 5.28 Å². The number of anilines is 1. The number of aromatic nitrogens is 4. The highest BCUT2D eigenvalue weighted by Gasteiger charge is 2.44. The number of aliphatic hydroxyl groups excluding tert-OH is 2. The fraction of sp³-hybridized carbons (Fsp3) is 0.545. The van der Waals surface area contributed by atoms with Crippen LogP contribution in [0.5, 0.6) is 0 Å². The van der Waals surface area contributed by atoms with Gasteiger partial charge >= 0.3 is 0 Å². The second kappa shape index (κ2) is 5.58. The Morgan fingerprint density at radius 2 is 2.19 bits per heavy atom. The number of fused-ring (bicyclic) bond motifs is 1. The van der Waals surface area contributed by atoms with Crippen molar-refractivity contribution in [3.63, 3.8) is 0 Å². The van der Waals surface area contributed by atoms with Crippen molar-refractivity contribution in [3.05, 3.63) is 11.6 Å². The third kappa shape index (κ3) is 2.44. The van der Waals surface area contributed by atoms with E-state index < -0.39 is 24.5 Å². The number of nitrogens with two attached hydrogens (primary N) is 1. The van der Waals surface area contributed by atoms with E-state index in [1.54, 1.807) is 0 Å². The van der Waals surface area contributed by atoms with Gasteiger partial charge in [0.15, 0.2) is 17.7 Å². The van der Waals surface area contributed by atoms with Crippen LogP contribution in [0.3, 0.4) is 0 Å². The molecule has 2 aromatic heterocycles. The van der Waals surface area contributed by atoms with E-state index in [1.165, 1.54) is 22.7 Å². The maximum atomic E-state index is 10.2. The Hall–Kier alpha value is -1.13. The first kappa shape index (κ1) is 14.8. The SMILES string of the molecule is CSCC1OC(n2cnc3c(N)nc(Cl)nc32)C(O)C1O. The highest BCUT2D eigenvalue weighted by molar-refractivity contribution is 7.98. The number of imidazole rings is 1. The van der Waals surface area contributed by atoms with Crippen molar-refractivity contribution >= 4 is 40.3 Å². The van der Waals surface area contributed by atoms with Crippen molar-refractivity contribution in [2.45, 2.75) is 24.5 Å². The molecule has 0 spiro atoms. The van der Waals surface area contributed by atoms with Crippen LogP contribution >= 0.6 is 23.4 Å². The third-order valence-electron chi connectivity index (χ3n) is 3.36. The summed E-state index contributed by atoms with van der Waals surface area (Å²) in [5, 5.41) is 20.2. The molecule has 114 valence electrons. The summed E-state index contributed by atoms with van der Waals surface area (Å²) in [4.78, 5) is 12.0. The molecule has 0 saturated carbocycles. The number of ether oxygens (including phenoxy) is 1. The molecule has 3 rings (SSSR count). The van der Waals surface area contributed by atoms with Crippen LogP contribution in [0.25, 0.3) is 11.2 Å². The zero-order valence-electron chi connectivity index (χ0n) is 11.0. The number of nitrogen functional groups attached to an aromatic ring is 1. The molecule has 3 heterocycles. The number of thioether (sulfide) groups is 1. The first-order valence-electron chi connectivity index (χ1n) is 6.19. The van der Waals surface area contributed by atoms with Crippen LogP contribution < -0.4 is 5.73 Å². The normalized spacial score (nSPS) is 29.3. The molecule has 21 heavy (non-hydrogen) atoms. The van der Waals surface area contributed by atoms with Gasteiger partial charge in [0, 0.05) is 5.75 Å². The van der Waals surface area contributed by atoms with Gasteiger partial charge in [-0.3, -0.25) is 4.57 Å². The Kier molecular flexibility index (Phi) is 3.93. The summed E-state index contributed by atoms with van der Waals surface area (Å²) >= 11 is 7.33. The molecule has 1 fully saturated rings. The van der Waals surface area contributed by atoms with Crippen LogP contribution in [0.1, 0.15) is 6.23 Å². The van der Waals surface area contributed by atoms with Gasteiger partial charge in [0.1, 0.15) is 17.7 Å². The number of halogens is 1. The van der Waals surface area contributed by atoms with E-state index in [9.17, 15) is 10.2 Å². The van der Waals surface area contributed by atoms with Gasteiger partial charge in [-0.2, -0.15) is 21.7 Å². The van der Waals surface area contributed by atoms with Gasteiger partial charge in [-0.05, 0) is 17.9 Å². The minimum Gasteiger partial charge on any atom is -0.387 e. The van der Waals surface area contributed by atoms with Crippen LogP contribution in [0.15, 0.2) is 6.33 Å². The van der Waals surface area contributed by atoms with Gasteiger partial charge in [0.05, 0.1) is 12.4 Å². The Balaban J connectivity index is 2.01. The monoisotopic (exact) mass is 331 g/mol. The standard InChI is InChI=1S/C11H14ClN5O3S/c1-21-2-4-6(18)7(19)10(20-4)17-3-14-5-8(13)15-11(12)16-9(5)17/h3-4,6-7,10,18-19H,2H2,1H3,(H2,13,15,16). The minimum absolute atomic E-state index is 0.0181. The first-order valence-corrected chi connectivity index (χ1v) is 7.96. The largest absolute Gasteiger partial charge is 0.387 e. The van der Waals surface area contributed by atoms with Crippen LogP contribution in [0.2, 0.25) is 5.28 Å². The molecule has 0 amide bonds. The third-order valence-corrected chi connectivity index (χ3v) is 4.19. The molecule has 4 atom stereocenters. The summed E-state index contributed by atoms with van der Waals surface area (Å²) in [5.74, 6) is 0.719. The van der Waals surface area contributed by atoms with Gasteiger partial charge in [-0.1, -0.05) is 0 Å². The van der Waals surface area contributed by atoms with E-state index in [4.69, 9.17) is 22.1 Å². The van der Waals surface area contributed by atoms with Crippen molar-refractivity contribution in [2.24, 2.45) is 0 Å². The molecule has 0 radical (unpaired) electrons. The van der Waals surface area contributed by atoms with Crippen LogP contribution in [-0.2, 0) is 4.74 Å². The molecular formula is C11H14ClN5O3S. The van der Waals surface area contributed by atoms with E-state index in [0.717, 1.165) is 0 Å². The van der Waals surface area contributed by atoms with Gasteiger partial charge < -0.3 is 20.7 Å². The molecule has 2 aromatic rings. The Bertz CT molecular complexity index is 669. The summed E-state index contributed by atoms with van der Waals surface area (Å²) in [6.45, 7) is 0. The molecule has 0 bridgehead atoms. The molecule has 10 heteroatoms. The highest BCUT2D eigenvalue weighted by Crippen LogP contribution is 2.33. The predicted octanol–water partition coefficient (Wildman–Crippen LogP) is 0.0441. The lowest BCUT2D eigenvalue weighted by molar-refractivity contribution is -0.0288. The van der Waals surface area contributed by atoms with Crippen molar-refractivity contribution in [3.8, 4) is 0 Å². The Morgan fingerprint density at radius 1 is 1.43 bits per heavy atom. The topological polar surface area (TPSA) is 119 Å². The van der Waals surface area contributed by atoms with Crippen LogP contribution in [0.4, 0.5) is 5.82 Å². The summed E-state index contributed by atoms with van der Waals surface area (Å²) in [6, 6.07) is 0. The zero-order chi connectivity index (χ0) is 15.1. The summed E-state index contributed by atoms with van der Waals surface area (Å²) in [6.07, 6.45) is 0.00760. The second-order valence-corrected chi connectivity index (χ2v) is 5.95. The molecular weight excluding hydrogens is 318 g/mol. The first-order chi connectivity index (χ1) is 10.0. The average Bonchev–Trinajstić information content (AvgIpc) is 2.96. The molecule has 4 unspecified atom stereocenters. The smallest absolute Gasteiger partial charge is 0.226 e. The fourth-order valence-electron chi connectivity index (χ4n) is 2.36. The molecule has 1 aliphatic heterocycles. The lowest BCUT2D eigenvalue weighted by atomic mass is 10.1.